The predicted molar refractivity (Wildman–Crippen MR) is 112 cm³/mol. The molecule has 0 spiro atoms. The van der Waals surface area contributed by atoms with Gasteiger partial charge in [0.15, 0.2) is 0 Å². The summed E-state index contributed by atoms with van der Waals surface area (Å²) in [6.07, 6.45) is 0. The van der Waals surface area contributed by atoms with E-state index in [4.69, 9.17) is 19.7 Å². The van der Waals surface area contributed by atoms with Gasteiger partial charge in [-0.3, -0.25) is 0 Å². The summed E-state index contributed by atoms with van der Waals surface area (Å²) in [5.41, 5.74) is 2.35. The second-order valence-electron chi connectivity index (χ2n) is 8.50. The average molecular weight is 463 g/mol. The lowest BCUT2D eigenvalue weighted by atomic mass is 9.86. The number of carboxylic acids is 2. The number of hydrogen-bond donors (Lipinski definition) is 2. The Labute approximate surface area is 177 Å². The van der Waals surface area contributed by atoms with E-state index in [-0.39, 0.29) is 10.8 Å². The van der Waals surface area contributed by atoms with Crippen LogP contribution in [0.5, 0.6) is 11.5 Å². The molecule has 0 unspecified atom stereocenters. The fourth-order valence-corrected chi connectivity index (χ4v) is 3.93. The monoisotopic (exact) mass is 462 g/mol. The van der Waals surface area contributed by atoms with Crippen molar-refractivity contribution < 1.29 is 29.3 Å². The van der Waals surface area contributed by atoms with Crippen molar-refractivity contribution in [3.8, 4) is 11.5 Å². The summed E-state index contributed by atoms with van der Waals surface area (Å²) in [6.45, 7) is 9.37. The molecule has 2 heterocycles. The highest BCUT2D eigenvalue weighted by Gasteiger charge is 2.34. The van der Waals surface area contributed by atoms with E-state index in [1.165, 1.54) is 0 Å². The Hall–Kier alpha value is -2.54. The second-order valence-corrected chi connectivity index (χ2v) is 9.36. The van der Waals surface area contributed by atoms with Gasteiger partial charge >= 0.3 is 11.9 Å². The molecular weight excluding hydrogens is 440 g/mol. The summed E-state index contributed by atoms with van der Waals surface area (Å²) in [6, 6.07) is 8.26. The molecule has 0 aliphatic carbocycles. The van der Waals surface area contributed by atoms with Crippen LogP contribution in [0.25, 0.3) is 0 Å². The van der Waals surface area contributed by atoms with E-state index in [9.17, 15) is 9.59 Å². The van der Waals surface area contributed by atoms with Gasteiger partial charge in [0, 0.05) is 22.0 Å². The van der Waals surface area contributed by atoms with Gasteiger partial charge in [0.1, 0.15) is 11.5 Å². The minimum absolute atomic E-state index is 0.0825. The summed E-state index contributed by atoms with van der Waals surface area (Å²) >= 11 is 3.33. The van der Waals surface area contributed by atoms with E-state index in [1.807, 2.05) is 27.7 Å². The van der Waals surface area contributed by atoms with Crippen LogP contribution in [0.15, 0.2) is 34.8 Å². The zero-order valence-electron chi connectivity index (χ0n) is 16.7. The first kappa shape index (κ1) is 21.2. The van der Waals surface area contributed by atoms with Crippen LogP contribution >= 0.6 is 15.9 Å². The van der Waals surface area contributed by atoms with Crippen molar-refractivity contribution in [3.63, 3.8) is 0 Å². The van der Waals surface area contributed by atoms with E-state index >= 15 is 0 Å². The zero-order valence-corrected chi connectivity index (χ0v) is 18.3. The molecule has 0 saturated heterocycles. The number of rotatable bonds is 2. The highest BCUT2D eigenvalue weighted by atomic mass is 79.9. The Morgan fingerprint density at radius 1 is 0.862 bits per heavy atom. The molecule has 2 aliphatic rings. The first-order chi connectivity index (χ1) is 13.4. The predicted octanol–water partition coefficient (Wildman–Crippen LogP) is 4.87. The number of benzene rings is 2. The molecule has 0 fully saturated rings. The fourth-order valence-electron chi connectivity index (χ4n) is 3.35. The van der Waals surface area contributed by atoms with Crippen LogP contribution in [0.3, 0.4) is 0 Å². The lowest BCUT2D eigenvalue weighted by Crippen LogP contribution is -2.18. The first-order valence-electron chi connectivity index (χ1n) is 9.13. The van der Waals surface area contributed by atoms with Crippen molar-refractivity contribution in [2.45, 2.75) is 38.5 Å². The normalized spacial score (nSPS) is 17.1. The molecule has 2 aromatic carbocycles. The smallest absolute Gasteiger partial charge is 0.335 e. The third-order valence-corrected chi connectivity index (χ3v) is 5.73. The summed E-state index contributed by atoms with van der Waals surface area (Å²) in [5.74, 6) is -0.235. The van der Waals surface area contributed by atoms with Crippen LogP contribution in [0.2, 0.25) is 0 Å². The maximum absolute atomic E-state index is 10.9. The number of carbonyl (C=O) groups is 2. The Kier molecular flexibility index (Phi) is 5.38. The van der Waals surface area contributed by atoms with Gasteiger partial charge in [-0.25, -0.2) is 9.59 Å². The minimum Gasteiger partial charge on any atom is -0.492 e. The Morgan fingerprint density at radius 2 is 1.41 bits per heavy atom. The van der Waals surface area contributed by atoms with Gasteiger partial charge in [-0.2, -0.15) is 0 Å². The lowest BCUT2D eigenvalue weighted by Gasteiger charge is -2.15. The van der Waals surface area contributed by atoms with E-state index in [1.54, 1.807) is 30.3 Å². The molecule has 7 heteroatoms. The zero-order chi connectivity index (χ0) is 21.6. The van der Waals surface area contributed by atoms with Gasteiger partial charge in [-0.15, -0.1) is 0 Å². The van der Waals surface area contributed by atoms with Crippen LogP contribution in [0, 0.1) is 0 Å². The van der Waals surface area contributed by atoms with E-state index in [0.29, 0.717) is 28.8 Å². The van der Waals surface area contributed by atoms with Crippen LogP contribution in [0.4, 0.5) is 0 Å². The molecule has 0 radical (unpaired) electrons. The Morgan fingerprint density at radius 3 is 2.03 bits per heavy atom. The maximum atomic E-state index is 10.9. The number of ether oxygens (including phenoxy) is 2. The maximum Gasteiger partial charge on any atom is 0.335 e. The number of hydrogen-bond acceptors (Lipinski definition) is 4. The van der Waals surface area contributed by atoms with Crippen LogP contribution in [-0.2, 0) is 10.8 Å². The van der Waals surface area contributed by atoms with Gasteiger partial charge in [0.25, 0.3) is 0 Å². The average Bonchev–Trinajstić information content (AvgIpc) is 3.12. The Bertz CT molecular complexity index is 993. The van der Waals surface area contributed by atoms with Crippen molar-refractivity contribution in [2.75, 3.05) is 13.2 Å². The molecule has 0 bridgehead atoms. The summed E-state index contributed by atoms with van der Waals surface area (Å²) in [4.78, 5) is 21.7. The van der Waals surface area contributed by atoms with Gasteiger partial charge in [-0.1, -0.05) is 27.7 Å². The summed E-state index contributed by atoms with van der Waals surface area (Å²) < 4.78 is 11.7. The molecule has 0 aromatic heterocycles. The first-order valence-corrected chi connectivity index (χ1v) is 9.92. The number of fused-ring (bicyclic) bond motifs is 2. The molecule has 2 aromatic rings. The van der Waals surface area contributed by atoms with Crippen LogP contribution in [0.1, 0.15) is 59.5 Å². The standard InChI is InChI=1S/C11H11BrO3.C11H12O3/c1-11(2)5-15-9-7(11)3-6(10(13)14)4-8(9)12;1-11(2)6-14-9-4-3-7(10(12)13)5-8(9)11/h3-4H,5H2,1-2H3,(H,13,14);3-5H,6H2,1-2H3,(H,12,13). The molecule has 6 nitrogen and oxygen atoms in total. The number of halogens is 1. The molecule has 4 rings (SSSR count). The molecule has 2 N–H and O–H groups in total. The SMILES string of the molecule is CC1(C)COc2c(Br)cc(C(=O)O)cc21.CC1(C)COc2ccc(C(=O)O)cc21. The van der Waals surface area contributed by atoms with Crippen molar-refractivity contribution in [1.82, 2.24) is 0 Å². The van der Waals surface area contributed by atoms with E-state index < -0.39 is 11.9 Å². The summed E-state index contributed by atoms with van der Waals surface area (Å²) in [5, 5.41) is 17.8. The topological polar surface area (TPSA) is 93.1 Å². The quantitative estimate of drug-likeness (QED) is 0.660. The van der Waals surface area contributed by atoms with Crippen molar-refractivity contribution in [1.29, 1.82) is 0 Å². The fraction of sp³-hybridized carbons (Fsp3) is 0.364. The third-order valence-electron chi connectivity index (χ3n) is 5.14. The highest BCUT2D eigenvalue weighted by molar-refractivity contribution is 9.10. The van der Waals surface area contributed by atoms with Gasteiger partial charge in [-0.05, 0) is 46.3 Å². The molecule has 154 valence electrons. The van der Waals surface area contributed by atoms with Crippen molar-refractivity contribution >= 4 is 27.9 Å². The molecule has 0 atom stereocenters. The third kappa shape index (κ3) is 4.10. The van der Waals surface area contributed by atoms with E-state index in [0.717, 1.165) is 22.6 Å². The lowest BCUT2D eigenvalue weighted by molar-refractivity contribution is 0.0686. The highest BCUT2D eigenvalue weighted by Crippen LogP contribution is 2.43. The van der Waals surface area contributed by atoms with Gasteiger partial charge < -0.3 is 19.7 Å². The molecule has 29 heavy (non-hydrogen) atoms. The Balaban J connectivity index is 0.000000166. The molecular formula is C22H23BrO6. The van der Waals surface area contributed by atoms with Crippen LogP contribution < -0.4 is 9.47 Å². The van der Waals surface area contributed by atoms with Gasteiger partial charge in [0.05, 0.1) is 28.8 Å². The van der Waals surface area contributed by atoms with E-state index in [2.05, 4.69) is 15.9 Å². The second kappa shape index (κ2) is 7.37. The number of carboxylic acid groups (broad SMARTS) is 2. The molecule has 0 amide bonds. The van der Waals surface area contributed by atoms with Gasteiger partial charge in [0.2, 0.25) is 0 Å². The molecule has 0 saturated carbocycles. The number of aromatic carboxylic acids is 2. The summed E-state index contributed by atoms with van der Waals surface area (Å²) in [7, 11) is 0. The van der Waals surface area contributed by atoms with Crippen LogP contribution in [-0.4, -0.2) is 35.4 Å². The van der Waals surface area contributed by atoms with Crippen molar-refractivity contribution in [2.24, 2.45) is 0 Å². The van der Waals surface area contributed by atoms with Crippen molar-refractivity contribution in [3.05, 3.63) is 57.1 Å². The minimum atomic E-state index is -0.916. The molecule has 2 aliphatic heterocycles. The largest absolute Gasteiger partial charge is 0.492 e.